The second kappa shape index (κ2) is 6.01. The predicted molar refractivity (Wildman–Crippen MR) is 79.8 cm³/mol. The van der Waals surface area contributed by atoms with Crippen LogP contribution in [0.5, 0.6) is 0 Å². The molecule has 1 aliphatic carbocycles. The fourth-order valence-electron chi connectivity index (χ4n) is 2.05. The average molecular weight is 286 g/mol. The number of hydrogen-bond donors (Lipinski definition) is 3. The third-order valence-corrected chi connectivity index (χ3v) is 3.44. The third kappa shape index (κ3) is 3.64. The Hall–Kier alpha value is -2.27. The van der Waals surface area contributed by atoms with Gasteiger partial charge in [-0.25, -0.2) is 0 Å². The number of furan rings is 1. The molecular weight excluding hydrogens is 268 g/mol. The normalized spacial score (nSPS) is 14.0. The van der Waals surface area contributed by atoms with Crippen LogP contribution in [0.2, 0.25) is 0 Å². The third-order valence-electron chi connectivity index (χ3n) is 3.44. The minimum Gasteiger partial charge on any atom is -0.462 e. The van der Waals surface area contributed by atoms with E-state index in [1.807, 2.05) is 30.3 Å². The Balaban J connectivity index is 1.52. The molecule has 0 unspecified atom stereocenters. The number of aliphatic hydroxyl groups excluding tert-OH is 1. The van der Waals surface area contributed by atoms with Crippen molar-refractivity contribution < 1.29 is 14.3 Å². The molecule has 1 aromatic heterocycles. The molecule has 0 bridgehead atoms. The summed E-state index contributed by atoms with van der Waals surface area (Å²) in [6, 6.07) is 11.2. The molecule has 5 nitrogen and oxygen atoms in total. The van der Waals surface area contributed by atoms with Gasteiger partial charge >= 0.3 is 0 Å². The molecule has 3 rings (SSSR count). The van der Waals surface area contributed by atoms with Crippen LogP contribution < -0.4 is 10.6 Å². The lowest BCUT2D eigenvalue weighted by atomic mass is 10.2. The number of hydrogen-bond acceptors (Lipinski definition) is 4. The lowest BCUT2D eigenvalue weighted by molar-refractivity contribution is -0.117. The first kappa shape index (κ1) is 13.7. The maximum Gasteiger partial charge on any atom is 0.227 e. The van der Waals surface area contributed by atoms with Crippen LogP contribution in [0.4, 0.5) is 11.4 Å². The van der Waals surface area contributed by atoms with Gasteiger partial charge in [-0.2, -0.15) is 0 Å². The standard InChI is InChI=1S/C16H18N2O3/c19-10-15-8-7-14(21-15)9-17-12-3-5-13(6-4-12)18-16(20)11-1-2-11/h3-8,11,17,19H,1-2,9-10H2,(H,18,20). The van der Waals surface area contributed by atoms with Crippen molar-refractivity contribution in [1.29, 1.82) is 0 Å². The van der Waals surface area contributed by atoms with E-state index in [0.717, 1.165) is 30.0 Å². The average Bonchev–Trinajstić information content (AvgIpc) is 3.26. The molecule has 0 saturated heterocycles. The molecular formula is C16H18N2O3. The molecule has 1 aliphatic rings. The number of aliphatic hydroxyl groups is 1. The minimum absolute atomic E-state index is 0.0879. The van der Waals surface area contributed by atoms with Crippen LogP contribution in [0.15, 0.2) is 40.8 Å². The Labute approximate surface area is 123 Å². The Morgan fingerprint density at radius 2 is 1.76 bits per heavy atom. The number of amides is 1. The topological polar surface area (TPSA) is 74.5 Å². The molecule has 0 atom stereocenters. The monoisotopic (exact) mass is 286 g/mol. The molecule has 1 heterocycles. The highest BCUT2D eigenvalue weighted by Crippen LogP contribution is 2.30. The molecule has 5 heteroatoms. The Kier molecular flexibility index (Phi) is 3.92. The van der Waals surface area contributed by atoms with Crippen LogP contribution in [0, 0.1) is 5.92 Å². The number of carbonyl (C=O) groups is 1. The van der Waals surface area contributed by atoms with E-state index in [9.17, 15) is 4.79 Å². The second-order valence-corrected chi connectivity index (χ2v) is 5.22. The molecule has 1 aromatic carbocycles. The Morgan fingerprint density at radius 3 is 2.38 bits per heavy atom. The van der Waals surface area contributed by atoms with Gasteiger partial charge in [0.25, 0.3) is 0 Å². The van der Waals surface area contributed by atoms with Crippen molar-refractivity contribution >= 4 is 17.3 Å². The van der Waals surface area contributed by atoms with E-state index in [-0.39, 0.29) is 18.4 Å². The predicted octanol–water partition coefficient (Wildman–Crippen LogP) is 2.73. The van der Waals surface area contributed by atoms with E-state index >= 15 is 0 Å². The van der Waals surface area contributed by atoms with Crippen LogP contribution in [-0.2, 0) is 17.9 Å². The van der Waals surface area contributed by atoms with Crippen LogP contribution in [0.25, 0.3) is 0 Å². The fourth-order valence-corrected chi connectivity index (χ4v) is 2.05. The molecule has 21 heavy (non-hydrogen) atoms. The lowest BCUT2D eigenvalue weighted by Crippen LogP contribution is -2.13. The summed E-state index contributed by atoms with van der Waals surface area (Å²) in [5.41, 5.74) is 1.76. The smallest absolute Gasteiger partial charge is 0.227 e. The molecule has 3 N–H and O–H groups in total. The first-order valence-electron chi connectivity index (χ1n) is 7.08. The number of carbonyl (C=O) groups excluding carboxylic acids is 1. The van der Waals surface area contributed by atoms with Crippen molar-refractivity contribution in [3.05, 3.63) is 47.9 Å². The van der Waals surface area contributed by atoms with Gasteiger partial charge in [-0.1, -0.05) is 0 Å². The minimum atomic E-state index is -0.0879. The maximum atomic E-state index is 11.6. The lowest BCUT2D eigenvalue weighted by Gasteiger charge is -2.07. The van der Waals surface area contributed by atoms with Crippen molar-refractivity contribution in [2.45, 2.75) is 26.0 Å². The van der Waals surface area contributed by atoms with Crippen molar-refractivity contribution in [2.24, 2.45) is 5.92 Å². The zero-order chi connectivity index (χ0) is 14.7. The second-order valence-electron chi connectivity index (χ2n) is 5.22. The summed E-state index contributed by atoms with van der Waals surface area (Å²) in [6.45, 7) is 0.461. The highest BCUT2D eigenvalue weighted by molar-refractivity contribution is 5.94. The Bertz CT molecular complexity index is 615. The number of anilines is 2. The van der Waals surface area contributed by atoms with Crippen LogP contribution in [0.1, 0.15) is 24.4 Å². The van der Waals surface area contributed by atoms with Gasteiger partial charge in [0.2, 0.25) is 5.91 Å². The largest absolute Gasteiger partial charge is 0.462 e. The Morgan fingerprint density at radius 1 is 1.10 bits per heavy atom. The molecule has 0 radical (unpaired) electrons. The van der Waals surface area contributed by atoms with Gasteiger partial charge in [0.1, 0.15) is 18.1 Å². The molecule has 0 spiro atoms. The summed E-state index contributed by atoms with van der Waals surface area (Å²) < 4.78 is 5.39. The van der Waals surface area contributed by atoms with Gasteiger partial charge in [0, 0.05) is 17.3 Å². The maximum absolute atomic E-state index is 11.6. The van der Waals surface area contributed by atoms with Crippen LogP contribution in [0.3, 0.4) is 0 Å². The highest BCUT2D eigenvalue weighted by atomic mass is 16.4. The summed E-state index contributed by atoms with van der Waals surface area (Å²) in [4.78, 5) is 11.6. The van der Waals surface area contributed by atoms with Gasteiger partial charge in [0.05, 0.1) is 6.54 Å². The van der Waals surface area contributed by atoms with Gasteiger partial charge < -0.3 is 20.2 Å². The zero-order valence-corrected chi connectivity index (χ0v) is 11.6. The molecule has 1 saturated carbocycles. The molecule has 2 aromatic rings. The number of nitrogens with one attached hydrogen (secondary N) is 2. The van der Waals surface area contributed by atoms with Crippen molar-refractivity contribution in [1.82, 2.24) is 0 Å². The van der Waals surface area contributed by atoms with E-state index in [1.165, 1.54) is 0 Å². The first-order valence-corrected chi connectivity index (χ1v) is 7.08. The van der Waals surface area contributed by atoms with E-state index in [2.05, 4.69) is 10.6 Å². The van der Waals surface area contributed by atoms with E-state index in [4.69, 9.17) is 9.52 Å². The van der Waals surface area contributed by atoms with Crippen LogP contribution >= 0.6 is 0 Å². The summed E-state index contributed by atoms with van der Waals surface area (Å²) in [5, 5.41) is 15.1. The highest BCUT2D eigenvalue weighted by Gasteiger charge is 2.29. The summed E-state index contributed by atoms with van der Waals surface area (Å²) in [6.07, 6.45) is 2.01. The van der Waals surface area contributed by atoms with Gasteiger partial charge in [-0.3, -0.25) is 4.79 Å². The first-order chi connectivity index (χ1) is 10.2. The van der Waals surface area contributed by atoms with Gasteiger partial charge in [0.15, 0.2) is 0 Å². The summed E-state index contributed by atoms with van der Waals surface area (Å²) in [5.74, 6) is 1.65. The quantitative estimate of drug-likeness (QED) is 0.763. The zero-order valence-electron chi connectivity index (χ0n) is 11.6. The summed E-state index contributed by atoms with van der Waals surface area (Å²) >= 11 is 0. The molecule has 0 aliphatic heterocycles. The van der Waals surface area contributed by atoms with E-state index < -0.39 is 0 Å². The van der Waals surface area contributed by atoms with E-state index in [1.54, 1.807) is 6.07 Å². The molecule has 110 valence electrons. The van der Waals surface area contributed by atoms with Crippen LogP contribution in [-0.4, -0.2) is 11.0 Å². The number of benzene rings is 1. The fraction of sp³-hybridized carbons (Fsp3) is 0.312. The molecule has 1 fully saturated rings. The SMILES string of the molecule is O=C(Nc1ccc(NCc2ccc(CO)o2)cc1)C1CC1. The van der Waals surface area contributed by atoms with Gasteiger partial charge in [-0.15, -0.1) is 0 Å². The van der Waals surface area contributed by atoms with Crippen molar-refractivity contribution in [3.8, 4) is 0 Å². The summed E-state index contributed by atoms with van der Waals surface area (Å²) in [7, 11) is 0. The van der Waals surface area contributed by atoms with E-state index in [0.29, 0.717) is 12.3 Å². The molecule has 1 amide bonds. The van der Waals surface area contributed by atoms with Crippen molar-refractivity contribution in [2.75, 3.05) is 10.6 Å². The number of rotatable bonds is 6. The van der Waals surface area contributed by atoms with Gasteiger partial charge in [-0.05, 0) is 49.2 Å². The van der Waals surface area contributed by atoms with Crippen molar-refractivity contribution in [3.63, 3.8) is 0 Å².